The Labute approximate surface area is 165 Å². The number of urea groups is 2. The maximum absolute atomic E-state index is 12.8. The van der Waals surface area contributed by atoms with Crippen molar-refractivity contribution in [2.45, 2.75) is 19.0 Å². The summed E-state index contributed by atoms with van der Waals surface area (Å²) in [4.78, 5) is 49.6. The number of furan rings is 1. The molecule has 0 bridgehead atoms. The molecule has 28 heavy (non-hydrogen) atoms. The van der Waals surface area contributed by atoms with Crippen LogP contribution in [0.25, 0.3) is 0 Å². The molecule has 146 valence electrons. The van der Waals surface area contributed by atoms with Crippen LogP contribution in [0.5, 0.6) is 0 Å². The molecule has 10 heteroatoms. The van der Waals surface area contributed by atoms with Crippen molar-refractivity contribution in [3.8, 4) is 0 Å². The number of hydrogen-bond acceptors (Lipinski definition) is 5. The van der Waals surface area contributed by atoms with Gasteiger partial charge in [0.15, 0.2) is 0 Å². The second-order valence-electron chi connectivity index (χ2n) is 6.24. The Balaban J connectivity index is 1.61. The lowest BCUT2D eigenvalue weighted by Crippen LogP contribution is -2.46. The van der Waals surface area contributed by atoms with E-state index in [1.165, 1.54) is 13.2 Å². The highest BCUT2D eigenvalue weighted by Gasteiger charge is 2.50. The number of benzene rings is 1. The predicted octanol–water partition coefficient (Wildman–Crippen LogP) is 1.73. The molecular weight excluding hydrogens is 388 g/mol. The van der Waals surface area contributed by atoms with E-state index in [2.05, 4.69) is 16.0 Å². The van der Waals surface area contributed by atoms with Crippen molar-refractivity contribution in [3.05, 3.63) is 59.0 Å². The van der Waals surface area contributed by atoms with Crippen LogP contribution in [0.2, 0.25) is 5.02 Å². The second kappa shape index (κ2) is 7.73. The number of imide groups is 2. The summed E-state index contributed by atoms with van der Waals surface area (Å²) < 4.78 is 5.06. The number of carbonyl (C=O) groups excluding carboxylic acids is 4. The van der Waals surface area contributed by atoms with E-state index in [0.29, 0.717) is 16.3 Å². The zero-order chi connectivity index (χ0) is 20.3. The van der Waals surface area contributed by atoms with Gasteiger partial charge in [-0.2, -0.15) is 0 Å². The van der Waals surface area contributed by atoms with Crippen LogP contribution in [0.15, 0.2) is 47.1 Å². The Bertz CT molecular complexity index is 930. The van der Waals surface area contributed by atoms with Crippen molar-refractivity contribution in [1.82, 2.24) is 20.9 Å². The largest absolute Gasteiger partial charge is 0.467 e. The van der Waals surface area contributed by atoms with Gasteiger partial charge in [0.1, 0.15) is 17.8 Å². The van der Waals surface area contributed by atoms with Gasteiger partial charge in [0, 0.05) is 10.6 Å². The monoisotopic (exact) mass is 404 g/mol. The first kappa shape index (κ1) is 19.4. The van der Waals surface area contributed by atoms with Crippen LogP contribution in [0.4, 0.5) is 9.59 Å². The van der Waals surface area contributed by atoms with E-state index in [4.69, 9.17) is 16.0 Å². The van der Waals surface area contributed by atoms with E-state index in [-0.39, 0.29) is 6.54 Å². The molecule has 9 nitrogen and oxygen atoms in total. The van der Waals surface area contributed by atoms with Gasteiger partial charge < -0.3 is 15.1 Å². The van der Waals surface area contributed by atoms with Gasteiger partial charge in [-0.25, -0.2) is 9.59 Å². The molecule has 3 rings (SSSR count). The summed E-state index contributed by atoms with van der Waals surface area (Å²) in [6, 6.07) is 8.39. The van der Waals surface area contributed by atoms with Crippen molar-refractivity contribution in [3.63, 3.8) is 0 Å². The van der Waals surface area contributed by atoms with Crippen LogP contribution >= 0.6 is 11.6 Å². The number of carbonyl (C=O) groups is 4. The molecule has 1 atom stereocenters. The lowest BCUT2D eigenvalue weighted by atomic mass is 9.92. The van der Waals surface area contributed by atoms with Crippen molar-refractivity contribution < 1.29 is 23.6 Å². The fourth-order valence-electron chi connectivity index (χ4n) is 2.82. The van der Waals surface area contributed by atoms with E-state index in [1.807, 2.05) is 0 Å². The number of rotatable bonds is 5. The molecule has 1 aliphatic heterocycles. The molecule has 2 aromatic rings. The van der Waals surface area contributed by atoms with Crippen LogP contribution in [0.3, 0.4) is 0 Å². The third-order valence-electron chi connectivity index (χ3n) is 4.25. The zero-order valence-corrected chi connectivity index (χ0v) is 15.6. The molecule has 0 spiro atoms. The van der Waals surface area contributed by atoms with Gasteiger partial charge in [-0.05, 0) is 25.1 Å². The molecule has 0 aliphatic carbocycles. The van der Waals surface area contributed by atoms with Crippen LogP contribution in [0.1, 0.15) is 18.2 Å². The lowest BCUT2D eigenvalue weighted by molar-refractivity contribution is -0.134. The standard InChI is InChI=1S/C18H17ClN4O5/c1-18(12-6-2-3-7-13(12)19)15(25)23(17(27)22-18)10-14(24)21-16(26)20-9-11-5-4-8-28-11/h2-8H,9-10H2,1H3,(H,22,27)(H2,20,21,24,26)/t18-/m1/s1. The van der Waals surface area contributed by atoms with Crippen molar-refractivity contribution in [2.75, 3.05) is 6.54 Å². The fraction of sp³-hybridized carbons (Fsp3) is 0.222. The average Bonchev–Trinajstić information content (AvgIpc) is 3.24. The SMILES string of the molecule is C[C@]1(c2ccccc2Cl)NC(=O)N(CC(=O)NC(=O)NCc2ccco2)C1=O. The van der Waals surface area contributed by atoms with E-state index >= 15 is 0 Å². The van der Waals surface area contributed by atoms with E-state index in [0.717, 1.165) is 4.90 Å². The quantitative estimate of drug-likeness (QED) is 0.655. The molecule has 1 saturated heterocycles. The Morgan fingerprint density at radius 3 is 2.64 bits per heavy atom. The minimum Gasteiger partial charge on any atom is -0.467 e. The summed E-state index contributed by atoms with van der Waals surface area (Å²) in [5, 5.41) is 7.34. The van der Waals surface area contributed by atoms with Crippen molar-refractivity contribution >= 4 is 35.5 Å². The Hall–Kier alpha value is -3.33. The molecule has 1 fully saturated rings. The molecular formula is C18H17ClN4O5. The summed E-state index contributed by atoms with van der Waals surface area (Å²) >= 11 is 6.14. The van der Waals surface area contributed by atoms with Crippen LogP contribution < -0.4 is 16.0 Å². The first-order valence-corrected chi connectivity index (χ1v) is 8.68. The highest BCUT2D eigenvalue weighted by molar-refractivity contribution is 6.32. The minimum absolute atomic E-state index is 0.0832. The lowest BCUT2D eigenvalue weighted by Gasteiger charge is -2.23. The third kappa shape index (κ3) is 3.84. The maximum Gasteiger partial charge on any atom is 0.325 e. The Morgan fingerprint density at radius 1 is 1.21 bits per heavy atom. The first-order valence-electron chi connectivity index (χ1n) is 8.30. The molecule has 2 heterocycles. The summed E-state index contributed by atoms with van der Waals surface area (Å²) in [7, 11) is 0. The number of halogens is 1. The summed E-state index contributed by atoms with van der Waals surface area (Å²) in [6.45, 7) is 0.973. The molecule has 6 amide bonds. The van der Waals surface area contributed by atoms with Crippen molar-refractivity contribution in [1.29, 1.82) is 0 Å². The van der Waals surface area contributed by atoms with E-state index < -0.39 is 36.0 Å². The predicted molar refractivity (Wildman–Crippen MR) is 98.1 cm³/mol. The molecule has 1 aromatic carbocycles. The summed E-state index contributed by atoms with van der Waals surface area (Å²) in [5.41, 5.74) is -0.994. The van der Waals surface area contributed by atoms with Gasteiger partial charge in [0.05, 0.1) is 12.8 Å². The van der Waals surface area contributed by atoms with Crippen molar-refractivity contribution in [2.24, 2.45) is 0 Å². The molecule has 0 unspecified atom stereocenters. The molecule has 3 N–H and O–H groups in total. The Morgan fingerprint density at radius 2 is 1.96 bits per heavy atom. The number of amides is 6. The maximum atomic E-state index is 12.8. The minimum atomic E-state index is -1.41. The number of nitrogens with one attached hydrogen (secondary N) is 3. The van der Waals surface area contributed by atoms with Crippen LogP contribution in [0, 0.1) is 0 Å². The highest BCUT2D eigenvalue weighted by Crippen LogP contribution is 2.33. The topological polar surface area (TPSA) is 121 Å². The first-order chi connectivity index (χ1) is 13.3. The molecule has 1 aliphatic rings. The fourth-order valence-corrected chi connectivity index (χ4v) is 3.15. The molecule has 0 radical (unpaired) electrons. The third-order valence-corrected chi connectivity index (χ3v) is 4.58. The molecule has 0 saturated carbocycles. The number of nitrogens with zero attached hydrogens (tertiary/aromatic N) is 1. The normalized spacial score (nSPS) is 18.7. The van der Waals surface area contributed by atoms with Gasteiger partial charge in [-0.15, -0.1) is 0 Å². The zero-order valence-electron chi connectivity index (χ0n) is 14.8. The summed E-state index contributed by atoms with van der Waals surface area (Å²) in [6.07, 6.45) is 1.45. The van der Waals surface area contributed by atoms with Gasteiger partial charge in [0.2, 0.25) is 5.91 Å². The van der Waals surface area contributed by atoms with Crippen LogP contribution in [-0.2, 0) is 21.7 Å². The van der Waals surface area contributed by atoms with Crippen LogP contribution in [-0.4, -0.2) is 35.3 Å². The smallest absolute Gasteiger partial charge is 0.325 e. The van der Waals surface area contributed by atoms with Gasteiger partial charge in [0.25, 0.3) is 5.91 Å². The van der Waals surface area contributed by atoms with Gasteiger partial charge >= 0.3 is 12.1 Å². The van der Waals surface area contributed by atoms with E-state index in [1.54, 1.807) is 36.4 Å². The van der Waals surface area contributed by atoms with E-state index in [9.17, 15) is 19.2 Å². The van der Waals surface area contributed by atoms with Gasteiger partial charge in [-0.1, -0.05) is 29.8 Å². The average molecular weight is 405 g/mol. The molecule has 1 aromatic heterocycles. The summed E-state index contributed by atoms with van der Waals surface area (Å²) in [5.74, 6) is -0.951. The van der Waals surface area contributed by atoms with Gasteiger partial charge in [-0.3, -0.25) is 19.8 Å². The Kier molecular flexibility index (Phi) is 5.36. The highest BCUT2D eigenvalue weighted by atomic mass is 35.5. The number of hydrogen-bond donors (Lipinski definition) is 3. The second-order valence-corrected chi connectivity index (χ2v) is 6.64.